The molecule has 5 heteroatoms. The Balaban J connectivity index is 1.49. The van der Waals surface area contributed by atoms with Crippen LogP contribution >= 0.6 is 0 Å². The van der Waals surface area contributed by atoms with E-state index >= 15 is 0 Å². The van der Waals surface area contributed by atoms with Gasteiger partial charge in [-0.2, -0.15) is 0 Å². The van der Waals surface area contributed by atoms with Gasteiger partial charge in [0.25, 0.3) is 5.91 Å². The van der Waals surface area contributed by atoms with Gasteiger partial charge in [0.05, 0.1) is 12.2 Å². The first kappa shape index (κ1) is 19.3. The Labute approximate surface area is 164 Å². The molecule has 3 aromatic rings. The zero-order valence-electron chi connectivity index (χ0n) is 15.8. The first-order valence-corrected chi connectivity index (χ1v) is 9.20. The van der Waals surface area contributed by atoms with E-state index in [1.165, 1.54) is 0 Å². The minimum atomic E-state index is -0.214. The fourth-order valence-electron chi connectivity index (χ4n) is 2.60. The molecule has 3 rings (SSSR count). The molecule has 0 spiro atoms. The van der Waals surface area contributed by atoms with Crippen LogP contribution in [-0.4, -0.2) is 25.7 Å². The highest BCUT2D eigenvalue weighted by Gasteiger charge is 2.12. The van der Waals surface area contributed by atoms with Gasteiger partial charge in [0.2, 0.25) is 0 Å². The topological polar surface area (TPSA) is 56.8 Å². The van der Waals surface area contributed by atoms with Crippen LogP contribution in [0.2, 0.25) is 0 Å². The predicted molar refractivity (Wildman–Crippen MR) is 109 cm³/mol. The summed E-state index contributed by atoms with van der Waals surface area (Å²) >= 11 is 0. The van der Waals surface area contributed by atoms with Gasteiger partial charge < -0.3 is 19.5 Å². The number of rotatable bonds is 9. The quantitative estimate of drug-likeness (QED) is 0.545. The molecule has 0 bridgehead atoms. The number of benzene rings is 3. The van der Waals surface area contributed by atoms with E-state index in [2.05, 4.69) is 5.32 Å². The second kappa shape index (κ2) is 10.0. The maximum Gasteiger partial charge on any atom is 0.259 e. The molecule has 28 heavy (non-hydrogen) atoms. The summed E-state index contributed by atoms with van der Waals surface area (Å²) in [5, 5.41) is 2.87. The van der Waals surface area contributed by atoms with Gasteiger partial charge in [-0.05, 0) is 55.5 Å². The Morgan fingerprint density at radius 1 is 0.750 bits per heavy atom. The van der Waals surface area contributed by atoms with Crippen molar-refractivity contribution in [3.05, 3.63) is 84.4 Å². The maximum atomic E-state index is 12.5. The van der Waals surface area contributed by atoms with Crippen molar-refractivity contribution in [2.45, 2.75) is 6.92 Å². The summed E-state index contributed by atoms with van der Waals surface area (Å²) in [7, 11) is 0. The Morgan fingerprint density at radius 3 is 2.04 bits per heavy atom. The monoisotopic (exact) mass is 377 g/mol. The molecule has 0 saturated carbocycles. The van der Waals surface area contributed by atoms with Crippen LogP contribution in [0.3, 0.4) is 0 Å². The van der Waals surface area contributed by atoms with Crippen LogP contribution < -0.4 is 19.5 Å². The zero-order valence-corrected chi connectivity index (χ0v) is 15.8. The molecule has 3 aromatic carbocycles. The number of ether oxygens (including phenoxy) is 3. The van der Waals surface area contributed by atoms with Crippen molar-refractivity contribution in [3.63, 3.8) is 0 Å². The molecule has 0 aliphatic carbocycles. The van der Waals surface area contributed by atoms with Gasteiger partial charge >= 0.3 is 0 Å². The Morgan fingerprint density at radius 2 is 1.36 bits per heavy atom. The van der Waals surface area contributed by atoms with E-state index in [0.717, 1.165) is 5.75 Å². The van der Waals surface area contributed by atoms with Gasteiger partial charge in [0, 0.05) is 5.69 Å². The van der Waals surface area contributed by atoms with Crippen LogP contribution in [0, 0.1) is 0 Å². The molecule has 0 atom stereocenters. The van der Waals surface area contributed by atoms with E-state index in [1.54, 1.807) is 24.3 Å². The molecule has 0 radical (unpaired) electrons. The number of hydrogen-bond donors (Lipinski definition) is 1. The molecule has 0 heterocycles. The van der Waals surface area contributed by atoms with Crippen molar-refractivity contribution in [1.29, 1.82) is 0 Å². The average Bonchev–Trinajstić information content (AvgIpc) is 2.74. The van der Waals surface area contributed by atoms with Crippen molar-refractivity contribution >= 4 is 11.6 Å². The van der Waals surface area contributed by atoms with Gasteiger partial charge in [0.15, 0.2) is 0 Å². The van der Waals surface area contributed by atoms with Gasteiger partial charge in [-0.25, -0.2) is 0 Å². The average molecular weight is 377 g/mol. The van der Waals surface area contributed by atoms with Crippen molar-refractivity contribution in [2.75, 3.05) is 25.1 Å². The predicted octanol–water partition coefficient (Wildman–Crippen LogP) is 4.80. The highest BCUT2D eigenvalue weighted by molar-refractivity contribution is 6.06. The third-order valence-electron chi connectivity index (χ3n) is 3.91. The number of anilines is 1. The molecule has 0 unspecified atom stereocenters. The fourth-order valence-corrected chi connectivity index (χ4v) is 2.60. The summed E-state index contributed by atoms with van der Waals surface area (Å²) in [6.45, 7) is 3.28. The van der Waals surface area contributed by atoms with Crippen molar-refractivity contribution in [1.82, 2.24) is 0 Å². The van der Waals surface area contributed by atoms with Crippen molar-refractivity contribution in [3.8, 4) is 17.2 Å². The molecule has 0 saturated heterocycles. The summed E-state index contributed by atoms with van der Waals surface area (Å²) in [6.07, 6.45) is 0. The normalized spacial score (nSPS) is 10.2. The highest BCUT2D eigenvalue weighted by Crippen LogP contribution is 2.21. The first-order valence-electron chi connectivity index (χ1n) is 9.20. The molecule has 0 aliphatic heterocycles. The van der Waals surface area contributed by atoms with Crippen molar-refractivity contribution < 1.29 is 19.0 Å². The molecular weight excluding hydrogens is 354 g/mol. The Kier molecular flexibility index (Phi) is 6.90. The molecule has 5 nitrogen and oxygen atoms in total. The third kappa shape index (κ3) is 5.51. The SMILES string of the molecule is CCOc1ccccc1C(=O)Nc1ccc(OCCOc2ccccc2)cc1. The lowest BCUT2D eigenvalue weighted by Gasteiger charge is -2.11. The number of amides is 1. The van der Waals surface area contributed by atoms with Gasteiger partial charge in [-0.1, -0.05) is 30.3 Å². The van der Waals surface area contributed by atoms with Gasteiger partial charge in [-0.3, -0.25) is 4.79 Å². The first-order chi connectivity index (χ1) is 13.8. The maximum absolute atomic E-state index is 12.5. The molecule has 0 fully saturated rings. The van der Waals surface area contributed by atoms with Crippen LogP contribution in [0.4, 0.5) is 5.69 Å². The van der Waals surface area contributed by atoms with E-state index in [4.69, 9.17) is 14.2 Å². The highest BCUT2D eigenvalue weighted by atomic mass is 16.5. The van der Waals surface area contributed by atoms with E-state index < -0.39 is 0 Å². The summed E-state index contributed by atoms with van der Waals surface area (Å²) in [5.74, 6) is 1.88. The number of hydrogen-bond acceptors (Lipinski definition) is 4. The summed E-state index contributed by atoms with van der Waals surface area (Å²) < 4.78 is 16.8. The molecule has 1 N–H and O–H groups in total. The minimum absolute atomic E-state index is 0.214. The molecule has 144 valence electrons. The van der Waals surface area contributed by atoms with E-state index in [-0.39, 0.29) is 5.91 Å². The smallest absolute Gasteiger partial charge is 0.259 e. The lowest BCUT2D eigenvalue weighted by atomic mass is 10.2. The number of carbonyl (C=O) groups excluding carboxylic acids is 1. The number of carbonyl (C=O) groups is 1. The molecule has 1 amide bonds. The van der Waals surface area contributed by atoms with Crippen LogP contribution in [0.5, 0.6) is 17.2 Å². The van der Waals surface area contributed by atoms with Crippen LogP contribution in [0.1, 0.15) is 17.3 Å². The van der Waals surface area contributed by atoms with E-state index in [0.29, 0.717) is 42.6 Å². The van der Waals surface area contributed by atoms with Crippen molar-refractivity contribution in [2.24, 2.45) is 0 Å². The second-order valence-electron chi connectivity index (χ2n) is 5.92. The number of nitrogens with one attached hydrogen (secondary N) is 1. The number of para-hydroxylation sites is 2. The Bertz CT molecular complexity index is 879. The van der Waals surface area contributed by atoms with Crippen LogP contribution in [0.15, 0.2) is 78.9 Å². The third-order valence-corrected chi connectivity index (χ3v) is 3.91. The summed E-state index contributed by atoms with van der Waals surface area (Å²) in [4.78, 5) is 12.5. The van der Waals surface area contributed by atoms with Gasteiger partial charge in [0.1, 0.15) is 30.5 Å². The zero-order chi connectivity index (χ0) is 19.6. The van der Waals surface area contributed by atoms with Crippen LogP contribution in [0.25, 0.3) is 0 Å². The van der Waals surface area contributed by atoms with E-state index in [9.17, 15) is 4.79 Å². The summed E-state index contributed by atoms with van der Waals surface area (Å²) in [6, 6.07) is 24.0. The molecule has 0 aromatic heterocycles. The standard InChI is InChI=1S/C23H23NO4/c1-2-26-22-11-7-6-10-21(22)23(25)24-18-12-14-20(15-13-18)28-17-16-27-19-8-4-3-5-9-19/h3-15H,2,16-17H2,1H3,(H,24,25). The molecule has 0 aliphatic rings. The lowest BCUT2D eigenvalue weighted by molar-refractivity contribution is 0.102. The second-order valence-corrected chi connectivity index (χ2v) is 5.92. The molecular formula is C23H23NO4. The van der Waals surface area contributed by atoms with Gasteiger partial charge in [-0.15, -0.1) is 0 Å². The lowest BCUT2D eigenvalue weighted by Crippen LogP contribution is -2.13. The van der Waals surface area contributed by atoms with E-state index in [1.807, 2.05) is 61.5 Å². The fraction of sp³-hybridized carbons (Fsp3) is 0.174. The summed E-state index contributed by atoms with van der Waals surface area (Å²) in [5.41, 5.74) is 1.19. The Hall–Kier alpha value is -3.47. The van der Waals surface area contributed by atoms with Crippen LogP contribution in [-0.2, 0) is 0 Å². The minimum Gasteiger partial charge on any atom is -0.493 e. The largest absolute Gasteiger partial charge is 0.493 e.